The zero-order valence-electron chi connectivity index (χ0n) is 15.5. The number of anilines is 2. The minimum atomic E-state index is -4.40. The molecule has 2 aromatic carbocycles. The second-order valence-corrected chi connectivity index (χ2v) is 7.09. The Morgan fingerprint density at radius 3 is 2.41 bits per heavy atom. The zero-order valence-corrected chi connectivity index (χ0v) is 16.3. The van der Waals surface area contributed by atoms with Crippen LogP contribution in [0.25, 0.3) is 0 Å². The Balaban J connectivity index is 2.39. The molecule has 0 aromatic heterocycles. The molecule has 0 heterocycles. The second-order valence-electron chi connectivity index (χ2n) is 5.98. The van der Waals surface area contributed by atoms with Crippen molar-refractivity contribution in [3.05, 3.63) is 47.8 Å². The van der Waals surface area contributed by atoms with Gasteiger partial charge in [0.25, 0.3) is 0 Å². The molecule has 0 N–H and O–H groups in total. The molecule has 0 aliphatic heterocycles. The quantitative estimate of drug-likeness (QED) is 0.252. The highest BCUT2D eigenvalue weighted by Crippen LogP contribution is 2.43. The van der Waals surface area contributed by atoms with E-state index in [9.17, 15) is 17.6 Å². The fraction of sp³-hybridized carbons (Fsp3) is 0.316. The molecule has 2 rings (SSSR count). The molecule has 0 aliphatic rings. The fourth-order valence-electron chi connectivity index (χ4n) is 2.43. The van der Waals surface area contributed by atoms with Gasteiger partial charge in [-0.1, -0.05) is 12.1 Å². The van der Waals surface area contributed by atoms with Crippen LogP contribution in [0, 0.1) is 12.7 Å². The molecule has 0 atom stereocenters. The van der Waals surface area contributed by atoms with E-state index in [1.807, 2.05) is 14.0 Å². The molecular weight excluding hydrogens is 378 g/mol. The van der Waals surface area contributed by atoms with Gasteiger partial charge in [-0.15, -0.1) is 0 Å². The highest BCUT2D eigenvalue weighted by molar-refractivity contribution is 8.00. The molecule has 8 heteroatoms. The third kappa shape index (κ3) is 5.63. The summed E-state index contributed by atoms with van der Waals surface area (Å²) in [5.74, 6) is -0.538. The number of para-hydroxylation sites is 1. The Kier molecular flexibility index (Phi) is 6.75. The highest BCUT2D eigenvalue weighted by atomic mass is 32.2. The standard InChI is InChI=1S/C19H21F4N3S/c1-5-25(3)12-24-15-10-13(2)17(11-14(15)20)26(4)16-8-6-7-9-18(16)27-19(21,22)23/h6-12H,5H2,1-4H3/b24-12+. The van der Waals surface area contributed by atoms with Crippen molar-refractivity contribution in [1.82, 2.24) is 4.90 Å². The first-order valence-electron chi connectivity index (χ1n) is 8.25. The maximum absolute atomic E-state index is 14.5. The Bertz CT molecular complexity index is 821. The summed E-state index contributed by atoms with van der Waals surface area (Å²) >= 11 is -0.187. The SMILES string of the molecule is CCN(C)/C=N/c1cc(C)c(N(C)c2ccccc2SC(F)(F)F)cc1F. The van der Waals surface area contributed by atoms with E-state index in [4.69, 9.17) is 0 Å². The van der Waals surface area contributed by atoms with Crippen LogP contribution in [0.3, 0.4) is 0 Å². The van der Waals surface area contributed by atoms with Crippen molar-refractivity contribution in [2.24, 2.45) is 4.99 Å². The molecule has 2 aromatic rings. The number of aryl methyl sites for hydroxylation is 1. The van der Waals surface area contributed by atoms with E-state index < -0.39 is 11.3 Å². The monoisotopic (exact) mass is 399 g/mol. The molecule has 0 bridgehead atoms. The van der Waals surface area contributed by atoms with Gasteiger partial charge in [0, 0.05) is 37.3 Å². The second kappa shape index (κ2) is 8.65. The summed E-state index contributed by atoms with van der Waals surface area (Å²) in [6.07, 6.45) is 1.54. The predicted molar refractivity (Wildman–Crippen MR) is 104 cm³/mol. The smallest absolute Gasteiger partial charge is 0.366 e. The van der Waals surface area contributed by atoms with Crippen LogP contribution in [-0.4, -0.2) is 37.4 Å². The molecule has 0 aliphatic carbocycles. The van der Waals surface area contributed by atoms with Crippen LogP contribution in [0.2, 0.25) is 0 Å². The molecule has 0 unspecified atom stereocenters. The molecule has 0 saturated carbocycles. The van der Waals surface area contributed by atoms with Crippen LogP contribution >= 0.6 is 11.8 Å². The molecule has 146 valence electrons. The molecular formula is C19H21F4N3S. The zero-order chi connectivity index (χ0) is 20.2. The Hall–Kier alpha value is -2.22. The van der Waals surface area contributed by atoms with E-state index >= 15 is 0 Å². The van der Waals surface area contributed by atoms with Gasteiger partial charge in [0.2, 0.25) is 0 Å². The van der Waals surface area contributed by atoms with Crippen molar-refractivity contribution in [3.63, 3.8) is 0 Å². The lowest BCUT2D eigenvalue weighted by Crippen LogP contribution is -2.14. The maximum atomic E-state index is 14.5. The molecule has 0 saturated heterocycles. The maximum Gasteiger partial charge on any atom is 0.446 e. The van der Waals surface area contributed by atoms with Gasteiger partial charge in [-0.3, -0.25) is 0 Å². The summed E-state index contributed by atoms with van der Waals surface area (Å²) in [7, 11) is 3.44. The van der Waals surface area contributed by atoms with Crippen molar-refractivity contribution in [3.8, 4) is 0 Å². The molecule has 0 spiro atoms. The lowest BCUT2D eigenvalue weighted by atomic mass is 10.1. The first-order chi connectivity index (χ1) is 12.6. The number of nitrogens with zero attached hydrogens (tertiary/aromatic N) is 3. The first kappa shape index (κ1) is 21.1. The summed E-state index contributed by atoms with van der Waals surface area (Å²) in [5.41, 5.74) is -2.68. The Morgan fingerprint density at radius 2 is 1.78 bits per heavy atom. The van der Waals surface area contributed by atoms with Crippen molar-refractivity contribution in [1.29, 1.82) is 0 Å². The Morgan fingerprint density at radius 1 is 1.11 bits per heavy atom. The minimum Gasteiger partial charge on any atom is -0.366 e. The summed E-state index contributed by atoms with van der Waals surface area (Å²) in [6.45, 7) is 4.45. The lowest BCUT2D eigenvalue weighted by Gasteiger charge is -2.24. The van der Waals surface area contributed by atoms with E-state index in [1.165, 1.54) is 18.5 Å². The number of thioether (sulfide) groups is 1. The number of alkyl halides is 3. The van der Waals surface area contributed by atoms with Crippen LogP contribution in [-0.2, 0) is 0 Å². The van der Waals surface area contributed by atoms with Gasteiger partial charge in [0.1, 0.15) is 5.69 Å². The molecule has 27 heavy (non-hydrogen) atoms. The third-order valence-electron chi connectivity index (χ3n) is 3.97. The summed E-state index contributed by atoms with van der Waals surface area (Å²) < 4.78 is 53.0. The van der Waals surface area contributed by atoms with Crippen molar-refractivity contribution in [2.45, 2.75) is 24.3 Å². The summed E-state index contributed by atoms with van der Waals surface area (Å²) in [4.78, 5) is 7.54. The fourth-order valence-corrected chi connectivity index (χ4v) is 3.14. The minimum absolute atomic E-state index is 0.0546. The van der Waals surface area contributed by atoms with Crippen LogP contribution in [0.5, 0.6) is 0 Å². The average molecular weight is 399 g/mol. The predicted octanol–water partition coefficient (Wildman–Crippen LogP) is 6.13. The van der Waals surface area contributed by atoms with E-state index in [0.29, 0.717) is 16.9 Å². The lowest BCUT2D eigenvalue weighted by molar-refractivity contribution is -0.0328. The van der Waals surface area contributed by atoms with E-state index in [-0.39, 0.29) is 22.3 Å². The first-order valence-corrected chi connectivity index (χ1v) is 9.07. The van der Waals surface area contributed by atoms with Gasteiger partial charge < -0.3 is 9.80 Å². The molecule has 0 fully saturated rings. The van der Waals surface area contributed by atoms with E-state index in [2.05, 4.69) is 4.99 Å². The van der Waals surface area contributed by atoms with Gasteiger partial charge in [0.05, 0.1) is 12.0 Å². The van der Waals surface area contributed by atoms with Gasteiger partial charge in [0.15, 0.2) is 5.82 Å². The van der Waals surface area contributed by atoms with Crippen LogP contribution in [0.1, 0.15) is 12.5 Å². The number of benzene rings is 2. The van der Waals surface area contributed by atoms with Crippen molar-refractivity contribution < 1.29 is 17.6 Å². The van der Waals surface area contributed by atoms with Crippen molar-refractivity contribution in [2.75, 3.05) is 25.5 Å². The van der Waals surface area contributed by atoms with Crippen LogP contribution in [0.4, 0.5) is 34.6 Å². The molecule has 3 nitrogen and oxygen atoms in total. The van der Waals surface area contributed by atoms with Gasteiger partial charge in [-0.25, -0.2) is 9.38 Å². The number of rotatable bonds is 6. The molecule has 0 amide bonds. The third-order valence-corrected chi connectivity index (χ3v) is 4.77. The largest absolute Gasteiger partial charge is 0.446 e. The van der Waals surface area contributed by atoms with E-state index in [1.54, 1.807) is 48.0 Å². The van der Waals surface area contributed by atoms with E-state index in [0.717, 1.165) is 6.54 Å². The number of aliphatic imine (C=N–C) groups is 1. The normalized spacial score (nSPS) is 11.9. The number of hydrogen-bond acceptors (Lipinski definition) is 3. The molecule has 0 radical (unpaired) electrons. The van der Waals surface area contributed by atoms with Gasteiger partial charge >= 0.3 is 5.51 Å². The highest BCUT2D eigenvalue weighted by Gasteiger charge is 2.31. The van der Waals surface area contributed by atoms with Gasteiger partial charge in [-0.05, 0) is 49.4 Å². The summed E-state index contributed by atoms with van der Waals surface area (Å²) in [6, 6.07) is 9.05. The number of hydrogen-bond donors (Lipinski definition) is 0. The van der Waals surface area contributed by atoms with Crippen LogP contribution in [0.15, 0.2) is 46.3 Å². The van der Waals surface area contributed by atoms with Crippen LogP contribution < -0.4 is 4.90 Å². The number of halogens is 4. The Labute approximate surface area is 160 Å². The average Bonchev–Trinajstić information content (AvgIpc) is 2.60. The van der Waals surface area contributed by atoms with Gasteiger partial charge in [-0.2, -0.15) is 13.2 Å². The topological polar surface area (TPSA) is 18.8 Å². The summed E-state index contributed by atoms with van der Waals surface area (Å²) in [5, 5.41) is 0. The van der Waals surface area contributed by atoms with Crippen molar-refractivity contribution >= 4 is 35.2 Å².